The number of methoxy groups -OCH3 is 1. The lowest BCUT2D eigenvalue weighted by atomic mass is 9.94. The molecule has 2 aromatic rings. The monoisotopic (exact) mass is 340 g/mol. The molecule has 1 unspecified atom stereocenters. The fourth-order valence-electron chi connectivity index (χ4n) is 2.72. The van der Waals surface area contributed by atoms with Crippen LogP contribution in [0, 0.1) is 5.82 Å². The van der Waals surface area contributed by atoms with Gasteiger partial charge >= 0.3 is 5.97 Å². The Balaban J connectivity index is 2.16. The van der Waals surface area contributed by atoms with Crippen LogP contribution in [0.25, 0.3) is 0 Å². The Morgan fingerprint density at radius 3 is 2.72 bits per heavy atom. The number of carbonyl (C=O) groups is 1. The number of aromatic nitrogens is 1. The molecule has 0 amide bonds. The third-order valence-electron chi connectivity index (χ3n) is 3.92. The molecule has 0 saturated heterocycles. The zero-order valence-electron chi connectivity index (χ0n) is 13.8. The van der Waals surface area contributed by atoms with E-state index >= 15 is 0 Å². The average Bonchev–Trinajstić information content (AvgIpc) is 2.61. The van der Waals surface area contributed by atoms with E-state index in [0.29, 0.717) is 22.5 Å². The van der Waals surface area contributed by atoms with Crippen molar-refractivity contribution < 1.29 is 13.9 Å². The lowest BCUT2D eigenvalue weighted by molar-refractivity contribution is -0.136. The number of halogens is 1. The summed E-state index contributed by atoms with van der Waals surface area (Å²) in [6, 6.07) is 9.16. The van der Waals surface area contributed by atoms with Crippen molar-refractivity contribution in [3.05, 3.63) is 70.9 Å². The maximum Gasteiger partial charge on any atom is 0.338 e. The molecule has 1 aromatic carbocycles. The standard InChI is InChI=1S/C18H17FN4O2/c1-10-14(18(24)25-2)15(11-6-3-4-8-13(11)20)23-17(22-10)16-12(19)7-5-9-21-16/h3-9,15H,20H2,1-2H3,(H,22,23). The molecular weight excluding hydrogens is 323 g/mol. The molecule has 1 aliphatic rings. The van der Waals surface area contributed by atoms with Crippen molar-refractivity contribution in [2.24, 2.45) is 4.99 Å². The van der Waals surface area contributed by atoms with Crippen LogP contribution in [0.1, 0.15) is 24.2 Å². The number of anilines is 1. The fourth-order valence-corrected chi connectivity index (χ4v) is 2.72. The number of amidine groups is 1. The number of para-hydroxylation sites is 1. The third kappa shape index (κ3) is 3.08. The molecule has 128 valence electrons. The number of hydrogen-bond acceptors (Lipinski definition) is 6. The predicted molar refractivity (Wildman–Crippen MR) is 92.2 cm³/mol. The summed E-state index contributed by atoms with van der Waals surface area (Å²) in [7, 11) is 1.30. The van der Waals surface area contributed by atoms with Gasteiger partial charge in [0.25, 0.3) is 0 Å². The maximum atomic E-state index is 14.1. The van der Waals surface area contributed by atoms with Gasteiger partial charge in [0, 0.05) is 23.1 Å². The Hall–Kier alpha value is -3.22. The summed E-state index contributed by atoms with van der Waals surface area (Å²) in [4.78, 5) is 20.8. The van der Waals surface area contributed by atoms with Crippen LogP contribution in [0.15, 0.2) is 58.9 Å². The second-order valence-corrected chi connectivity index (χ2v) is 5.50. The molecule has 3 N–H and O–H groups in total. The molecule has 0 spiro atoms. The first-order valence-electron chi connectivity index (χ1n) is 7.62. The molecule has 1 aliphatic heterocycles. The van der Waals surface area contributed by atoms with E-state index in [2.05, 4.69) is 15.3 Å². The van der Waals surface area contributed by atoms with Crippen LogP contribution >= 0.6 is 0 Å². The first-order valence-corrected chi connectivity index (χ1v) is 7.62. The number of pyridine rings is 1. The van der Waals surface area contributed by atoms with E-state index < -0.39 is 17.8 Å². The van der Waals surface area contributed by atoms with Crippen LogP contribution in [-0.4, -0.2) is 23.9 Å². The van der Waals surface area contributed by atoms with Crippen molar-refractivity contribution in [2.75, 3.05) is 12.8 Å². The molecule has 7 heteroatoms. The Morgan fingerprint density at radius 2 is 2.04 bits per heavy atom. The highest BCUT2D eigenvalue weighted by molar-refractivity contribution is 6.02. The molecule has 3 rings (SSSR count). The van der Waals surface area contributed by atoms with Crippen LogP contribution in [0.3, 0.4) is 0 Å². The first kappa shape index (κ1) is 16.6. The van der Waals surface area contributed by atoms with Gasteiger partial charge in [0.2, 0.25) is 0 Å². The van der Waals surface area contributed by atoms with Crippen LogP contribution in [0.5, 0.6) is 0 Å². The summed E-state index contributed by atoms with van der Waals surface area (Å²) < 4.78 is 19.0. The third-order valence-corrected chi connectivity index (χ3v) is 3.92. The number of nitrogens with one attached hydrogen (secondary N) is 1. The Kier molecular flexibility index (Phi) is 4.47. The van der Waals surface area contributed by atoms with E-state index in [1.54, 1.807) is 31.2 Å². The number of allylic oxidation sites excluding steroid dienone is 1. The quantitative estimate of drug-likeness (QED) is 0.661. The van der Waals surface area contributed by atoms with Crippen LogP contribution < -0.4 is 11.1 Å². The molecule has 1 aromatic heterocycles. The maximum absolute atomic E-state index is 14.1. The minimum atomic E-state index is -0.716. The van der Waals surface area contributed by atoms with Crippen molar-refractivity contribution in [1.29, 1.82) is 0 Å². The summed E-state index contributed by atoms with van der Waals surface area (Å²) in [5.41, 5.74) is 8.08. The van der Waals surface area contributed by atoms with Gasteiger partial charge < -0.3 is 15.8 Å². The summed E-state index contributed by atoms with van der Waals surface area (Å²) >= 11 is 0. The van der Waals surface area contributed by atoms with Gasteiger partial charge in [-0.25, -0.2) is 14.2 Å². The number of rotatable bonds is 3. The minimum absolute atomic E-state index is 0.0743. The number of nitrogens with two attached hydrogens (primary N) is 1. The van der Waals surface area contributed by atoms with E-state index in [0.717, 1.165) is 0 Å². The lowest BCUT2D eigenvalue weighted by Crippen LogP contribution is -2.33. The Bertz CT molecular complexity index is 892. The van der Waals surface area contributed by atoms with Crippen molar-refractivity contribution >= 4 is 17.5 Å². The highest BCUT2D eigenvalue weighted by Crippen LogP contribution is 2.34. The van der Waals surface area contributed by atoms with Gasteiger partial charge in [0.1, 0.15) is 11.7 Å². The average molecular weight is 340 g/mol. The largest absolute Gasteiger partial charge is 0.466 e. The van der Waals surface area contributed by atoms with E-state index in [9.17, 15) is 9.18 Å². The molecule has 2 heterocycles. The number of nitrogen functional groups attached to an aromatic ring is 1. The smallest absolute Gasteiger partial charge is 0.338 e. The van der Waals surface area contributed by atoms with Crippen LogP contribution in [-0.2, 0) is 9.53 Å². The zero-order chi connectivity index (χ0) is 18.0. The number of benzene rings is 1. The molecule has 0 saturated carbocycles. The van der Waals surface area contributed by atoms with Gasteiger partial charge in [-0.1, -0.05) is 18.2 Å². The van der Waals surface area contributed by atoms with Crippen molar-refractivity contribution in [2.45, 2.75) is 13.0 Å². The van der Waals surface area contributed by atoms with E-state index in [1.807, 2.05) is 0 Å². The number of carbonyl (C=O) groups excluding carboxylic acids is 1. The highest BCUT2D eigenvalue weighted by Gasteiger charge is 2.32. The molecule has 0 bridgehead atoms. The number of ether oxygens (including phenoxy) is 1. The first-order chi connectivity index (χ1) is 12.0. The van der Waals surface area contributed by atoms with Crippen LogP contribution in [0.2, 0.25) is 0 Å². The van der Waals surface area contributed by atoms with Crippen molar-refractivity contribution in [3.8, 4) is 0 Å². The fraction of sp³-hybridized carbons (Fsp3) is 0.167. The zero-order valence-corrected chi connectivity index (χ0v) is 13.8. The molecule has 0 fully saturated rings. The topological polar surface area (TPSA) is 89.6 Å². The van der Waals surface area contributed by atoms with E-state index in [-0.39, 0.29) is 11.5 Å². The van der Waals surface area contributed by atoms with Crippen LogP contribution in [0.4, 0.5) is 10.1 Å². The normalized spacial score (nSPS) is 16.9. The molecule has 0 aliphatic carbocycles. The molecule has 0 radical (unpaired) electrons. The summed E-state index contributed by atoms with van der Waals surface area (Å²) in [5, 5.41) is 2.94. The Labute approximate surface area is 144 Å². The summed E-state index contributed by atoms with van der Waals surface area (Å²) in [6.07, 6.45) is 1.48. The van der Waals surface area contributed by atoms with Gasteiger partial charge in [-0.3, -0.25) is 4.99 Å². The van der Waals surface area contributed by atoms with Gasteiger partial charge in [0.15, 0.2) is 11.7 Å². The number of nitrogens with zero attached hydrogens (tertiary/aromatic N) is 2. The van der Waals surface area contributed by atoms with Gasteiger partial charge in [0.05, 0.1) is 12.7 Å². The van der Waals surface area contributed by atoms with E-state index in [1.165, 1.54) is 25.4 Å². The summed E-state index contributed by atoms with van der Waals surface area (Å²) in [5.74, 6) is -0.804. The van der Waals surface area contributed by atoms with Gasteiger partial charge in [-0.15, -0.1) is 0 Å². The van der Waals surface area contributed by atoms with Crippen molar-refractivity contribution in [1.82, 2.24) is 10.3 Å². The number of hydrogen-bond donors (Lipinski definition) is 2. The number of aliphatic imine (C=N–C) groups is 1. The molecular formula is C18H17FN4O2. The second-order valence-electron chi connectivity index (χ2n) is 5.50. The molecule has 25 heavy (non-hydrogen) atoms. The predicted octanol–water partition coefficient (Wildman–Crippen LogP) is 2.34. The van der Waals surface area contributed by atoms with Gasteiger partial charge in [-0.05, 0) is 25.1 Å². The SMILES string of the molecule is COC(=O)C1=C(C)NC(c2ncccc2F)=NC1c1ccccc1N. The Morgan fingerprint density at radius 1 is 1.28 bits per heavy atom. The van der Waals surface area contributed by atoms with Gasteiger partial charge in [-0.2, -0.15) is 0 Å². The highest BCUT2D eigenvalue weighted by atomic mass is 19.1. The summed E-state index contributed by atoms with van der Waals surface area (Å²) in [6.45, 7) is 1.70. The van der Waals surface area contributed by atoms with E-state index in [4.69, 9.17) is 10.5 Å². The van der Waals surface area contributed by atoms with Crippen molar-refractivity contribution in [3.63, 3.8) is 0 Å². The molecule has 1 atom stereocenters. The molecule has 6 nitrogen and oxygen atoms in total. The minimum Gasteiger partial charge on any atom is -0.466 e. The second kappa shape index (κ2) is 6.72. The number of esters is 1. The lowest BCUT2D eigenvalue weighted by Gasteiger charge is -2.26.